The Hall–Kier alpha value is 0.160. The van der Waals surface area contributed by atoms with Crippen molar-refractivity contribution in [3.63, 3.8) is 0 Å². The van der Waals surface area contributed by atoms with E-state index in [0.29, 0.717) is 25.5 Å². The van der Waals surface area contributed by atoms with Crippen molar-refractivity contribution >= 4 is 21.8 Å². The SMILES string of the molecule is CCN(CC)S(=O)(=O)N(CCCCl)C1CCC1. The van der Waals surface area contributed by atoms with Crippen molar-refractivity contribution in [1.82, 2.24) is 8.61 Å². The number of halogens is 1. The summed E-state index contributed by atoms with van der Waals surface area (Å²) >= 11 is 5.67. The molecule has 6 heteroatoms. The largest absolute Gasteiger partial charge is 0.282 e. The van der Waals surface area contributed by atoms with E-state index < -0.39 is 10.2 Å². The third-order valence-corrected chi connectivity index (χ3v) is 5.83. The standard InChI is InChI=1S/C11H23ClN2O2S/c1-3-13(4-2)17(15,16)14(10-6-9-12)11-7-5-8-11/h11H,3-10H2,1-2H3. The molecule has 102 valence electrons. The van der Waals surface area contributed by atoms with E-state index in [-0.39, 0.29) is 6.04 Å². The van der Waals surface area contributed by atoms with Gasteiger partial charge in [-0.15, -0.1) is 11.6 Å². The molecule has 0 aliphatic heterocycles. The van der Waals surface area contributed by atoms with Crippen molar-refractivity contribution in [3.8, 4) is 0 Å². The number of hydrogen-bond acceptors (Lipinski definition) is 2. The Bertz CT molecular complexity index is 313. The van der Waals surface area contributed by atoms with Crippen LogP contribution in [0.15, 0.2) is 0 Å². The Morgan fingerprint density at radius 1 is 1.24 bits per heavy atom. The number of hydrogen-bond donors (Lipinski definition) is 0. The van der Waals surface area contributed by atoms with Gasteiger partial charge in [-0.1, -0.05) is 20.3 Å². The Kier molecular flexibility index (Phi) is 6.20. The Labute approximate surface area is 110 Å². The Morgan fingerprint density at radius 2 is 1.82 bits per heavy atom. The molecule has 0 saturated heterocycles. The number of nitrogens with zero attached hydrogens (tertiary/aromatic N) is 2. The molecule has 0 amide bonds. The molecule has 1 aliphatic carbocycles. The van der Waals surface area contributed by atoms with Gasteiger partial charge < -0.3 is 0 Å². The summed E-state index contributed by atoms with van der Waals surface area (Å²) in [6, 6.07) is 0.198. The van der Waals surface area contributed by atoms with Crippen LogP contribution in [0, 0.1) is 0 Å². The van der Waals surface area contributed by atoms with Crippen LogP contribution >= 0.6 is 11.6 Å². The highest BCUT2D eigenvalue weighted by Gasteiger charge is 2.35. The molecule has 1 rings (SSSR count). The summed E-state index contributed by atoms with van der Waals surface area (Å²) in [7, 11) is -3.29. The average Bonchev–Trinajstić information content (AvgIpc) is 2.22. The maximum Gasteiger partial charge on any atom is 0.282 e. The van der Waals surface area contributed by atoms with E-state index in [1.54, 1.807) is 4.31 Å². The summed E-state index contributed by atoms with van der Waals surface area (Å²) in [6.45, 7) is 5.36. The molecule has 0 heterocycles. The summed E-state index contributed by atoms with van der Waals surface area (Å²) in [4.78, 5) is 0. The maximum absolute atomic E-state index is 12.4. The highest BCUT2D eigenvalue weighted by molar-refractivity contribution is 7.86. The van der Waals surface area contributed by atoms with Gasteiger partial charge in [0, 0.05) is 31.6 Å². The molecule has 17 heavy (non-hydrogen) atoms. The van der Waals surface area contributed by atoms with E-state index in [0.717, 1.165) is 25.7 Å². The first-order chi connectivity index (χ1) is 8.07. The van der Waals surface area contributed by atoms with Crippen molar-refractivity contribution in [2.45, 2.75) is 45.6 Å². The van der Waals surface area contributed by atoms with Gasteiger partial charge in [0.15, 0.2) is 0 Å². The second-order valence-corrected chi connectivity index (χ2v) is 6.59. The molecule has 1 fully saturated rings. The quantitative estimate of drug-likeness (QED) is 0.640. The van der Waals surface area contributed by atoms with Gasteiger partial charge in [0.05, 0.1) is 0 Å². The lowest BCUT2D eigenvalue weighted by atomic mass is 9.93. The van der Waals surface area contributed by atoms with Crippen LogP contribution in [0.25, 0.3) is 0 Å². The lowest BCUT2D eigenvalue weighted by molar-refractivity contribution is 0.205. The monoisotopic (exact) mass is 282 g/mol. The second kappa shape index (κ2) is 6.92. The van der Waals surface area contributed by atoms with E-state index >= 15 is 0 Å². The first-order valence-electron chi connectivity index (χ1n) is 6.40. The molecule has 0 atom stereocenters. The first-order valence-corrected chi connectivity index (χ1v) is 8.33. The van der Waals surface area contributed by atoms with Gasteiger partial charge in [0.1, 0.15) is 0 Å². The highest BCUT2D eigenvalue weighted by Crippen LogP contribution is 2.28. The molecule has 0 N–H and O–H groups in total. The van der Waals surface area contributed by atoms with Crippen molar-refractivity contribution < 1.29 is 8.42 Å². The fraction of sp³-hybridized carbons (Fsp3) is 1.00. The van der Waals surface area contributed by atoms with E-state index in [4.69, 9.17) is 11.6 Å². The molecule has 0 aromatic heterocycles. The predicted molar refractivity (Wildman–Crippen MR) is 71.5 cm³/mol. The number of alkyl halides is 1. The van der Waals surface area contributed by atoms with Gasteiger partial charge in [0.2, 0.25) is 0 Å². The normalized spacial score (nSPS) is 17.7. The molecule has 0 spiro atoms. The molecule has 0 unspecified atom stereocenters. The molecular formula is C11H23ClN2O2S. The highest BCUT2D eigenvalue weighted by atomic mass is 35.5. The Balaban J connectivity index is 2.79. The van der Waals surface area contributed by atoms with Crippen molar-refractivity contribution in [2.24, 2.45) is 0 Å². The maximum atomic E-state index is 12.4. The summed E-state index contributed by atoms with van der Waals surface area (Å²) in [6.07, 6.45) is 3.83. The van der Waals surface area contributed by atoms with Crippen LogP contribution in [-0.2, 0) is 10.2 Å². The Morgan fingerprint density at radius 3 is 2.18 bits per heavy atom. The van der Waals surface area contributed by atoms with Crippen LogP contribution in [0.3, 0.4) is 0 Å². The van der Waals surface area contributed by atoms with Crippen molar-refractivity contribution in [1.29, 1.82) is 0 Å². The van der Waals surface area contributed by atoms with Crippen molar-refractivity contribution in [2.75, 3.05) is 25.5 Å². The summed E-state index contributed by atoms with van der Waals surface area (Å²) in [5.74, 6) is 0.511. The first kappa shape index (κ1) is 15.2. The smallest absolute Gasteiger partial charge is 0.195 e. The van der Waals surface area contributed by atoms with Crippen LogP contribution in [-0.4, -0.2) is 48.6 Å². The third-order valence-electron chi connectivity index (χ3n) is 3.32. The van der Waals surface area contributed by atoms with E-state index in [1.807, 2.05) is 13.8 Å². The minimum Gasteiger partial charge on any atom is -0.195 e. The zero-order valence-corrected chi connectivity index (χ0v) is 12.3. The van der Waals surface area contributed by atoms with Gasteiger partial charge in [-0.2, -0.15) is 17.0 Å². The van der Waals surface area contributed by atoms with Gasteiger partial charge >= 0.3 is 0 Å². The van der Waals surface area contributed by atoms with Gasteiger partial charge in [-0.05, 0) is 19.3 Å². The van der Waals surface area contributed by atoms with Crippen LogP contribution in [0.2, 0.25) is 0 Å². The molecule has 0 radical (unpaired) electrons. The van der Waals surface area contributed by atoms with Crippen LogP contribution < -0.4 is 0 Å². The molecule has 1 aliphatic rings. The van der Waals surface area contributed by atoms with Crippen LogP contribution in [0.4, 0.5) is 0 Å². The van der Waals surface area contributed by atoms with Gasteiger partial charge in [-0.25, -0.2) is 0 Å². The lowest BCUT2D eigenvalue weighted by Gasteiger charge is -2.38. The van der Waals surface area contributed by atoms with Gasteiger partial charge in [-0.3, -0.25) is 0 Å². The zero-order chi connectivity index (χ0) is 12.9. The van der Waals surface area contributed by atoms with Crippen molar-refractivity contribution in [3.05, 3.63) is 0 Å². The third kappa shape index (κ3) is 3.56. The van der Waals surface area contributed by atoms with Crippen LogP contribution in [0.1, 0.15) is 39.5 Å². The fourth-order valence-electron chi connectivity index (χ4n) is 2.07. The minimum absolute atomic E-state index is 0.198. The van der Waals surface area contributed by atoms with E-state index in [2.05, 4.69) is 0 Å². The van der Waals surface area contributed by atoms with Gasteiger partial charge in [0.25, 0.3) is 10.2 Å². The molecular weight excluding hydrogens is 260 g/mol. The predicted octanol–water partition coefficient (Wildman–Crippen LogP) is 2.06. The zero-order valence-electron chi connectivity index (χ0n) is 10.7. The van der Waals surface area contributed by atoms with Crippen LogP contribution in [0.5, 0.6) is 0 Å². The fourth-order valence-corrected chi connectivity index (χ4v) is 4.09. The summed E-state index contributed by atoms with van der Waals surface area (Å²) < 4.78 is 28.1. The van der Waals surface area contributed by atoms with E-state index in [1.165, 1.54) is 4.31 Å². The topological polar surface area (TPSA) is 40.6 Å². The molecule has 0 bridgehead atoms. The number of rotatable bonds is 8. The minimum atomic E-state index is -3.29. The average molecular weight is 283 g/mol. The molecule has 1 saturated carbocycles. The second-order valence-electron chi connectivity index (χ2n) is 4.33. The molecule has 0 aromatic carbocycles. The van der Waals surface area contributed by atoms with E-state index in [9.17, 15) is 8.42 Å². The summed E-state index contributed by atoms with van der Waals surface area (Å²) in [5, 5.41) is 0. The lowest BCUT2D eigenvalue weighted by Crippen LogP contribution is -2.51. The molecule has 0 aromatic rings. The summed E-state index contributed by atoms with van der Waals surface area (Å²) in [5.41, 5.74) is 0. The molecule has 4 nitrogen and oxygen atoms in total.